The van der Waals surface area contributed by atoms with Crippen LogP contribution in [0.1, 0.15) is 17.3 Å². The first kappa shape index (κ1) is 16.1. The molecule has 1 rings (SSSR count). The minimum absolute atomic E-state index is 0.0642. The predicted octanol–water partition coefficient (Wildman–Crippen LogP) is 0.568. The molecule has 0 heterocycles. The molecule has 0 atom stereocenters. The van der Waals surface area contributed by atoms with Gasteiger partial charge in [0.05, 0.1) is 17.6 Å². The van der Waals surface area contributed by atoms with Gasteiger partial charge in [-0.25, -0.2) is 13.2 Å². The molecular formula is C12H15NO6S. The Kier molecular flexibility index (Phi) is 5.23. The van der Waals surface area contributed by atoms with Crippen molar-refractivity contribution in [3.63, 3.8) is 0 Å². The van der Waals surface area contributed by atoms with Gasteiger partial charge in [-0.05, 0) is 18.2 Å². The van der Waals surface area contributed by atoms with Crippen molar-refractivity contribution in [2.75, 3.05) is 20.2 Å². The minimum atomic E-state index is -3.94. The van der Waals surface area contributed by atoms with Crippen LogP contribution in [0.15, 0.2) is 29.2 Å². The number of methoxy groups -OCH3 is 1. The summed E-state index contributed by atoms with van der Waals surface area (Å²) in [7, 11) is -2.78. The van der Waals surface area contributed by atoms with Crippen LogP contribution in [-0.4, -0.2) is 50.0 Å². The number of carbonyl (C=O) groups is 2. The number of likely N-dealkylation sites (N-methyl/N-ethyl adjacent to an activating group) is 1. The van der Waals surface area contributed by atoms with E-state index in [4.69, 9.17) is 5.11 Å². The maximum absolute atomic E-state index is 12.3. The van der Waals surface area contributed by atoms with Gasteiger partial charge in [0, 0.05) is 6.54 Å². The molecular weight excluding hydrogens is 286 g/mol. The van der Waals surface area contributed by atoms with Crippen LogP contribution in [0, 0.1) is 0 Å². The highest BCUT2D eigenvalue weighted by Gasteiger charge is 2.26. The molecule has 0 fully saturated rings. The fourth-order valence-electron chi connectivity index (χ4n) is 1.51. The van der Waals surface area contributed by atoms with Crippen LogP contribution in [-0.2, 0) is 19.6 Å². The molecule has 0 aromatic heterocycles. The van der Waals surface area contributed by atoms with E-state index >= 15 is 0 Å². The van der Waals surface area contributed by atoms with Crippen molar-refractivity contribution in [3.8, 4) is 0 Å². The highest BCUT2D eigenvalue weighted by Crippen LogP contribution is 2.17. The molecule has 0 unspecified atom stereocenters. The van der Waals surface area contributed by atoms with E-state index < -0.39 is 28.5 Å². The number of aromatic carboxylic acids is 1. The second kappa shape index (κ2) is 6.49. The Morgan fingerprint density at radius 1 is 1.35 bits per heavy atom. The summed E-state index contributed by atoms with van der Waals surface area (Å²) in [6.45, 7) is 1.21. The summed E-state index contributed by atoms with van der Waals surface area (Å²) in [5.74, 6) is -1.91. The number of carboxylic acids is 1. The zero-order chi connectivity index (χ0) is 15.3. The first-order valence-corrected chi connectivity index (χ1v) is 7.17. The van der Waals surface area contributed by atoms with Crippen LogP contribution in [0.4, 0.5) is 0 Å². The van der Waals surface area contributed by atoms with Crippen molar-refractivity contribution in [1.29, 1.82) is 0 Å². The van der Waals surface area contributed by atoms with Crippen LogP contribution in [0.2, 0.25) is 0 Å². The van der Waals surface area contributed by atoms with Gasteiger partial charge in [-0.3, -0.25) is 4.79 Å². The number of benzene rings is 1. The van der Waals surface area contributed by atoms with Gasteiger partial charge >= 0.3 is 11.9 Å². The van der Waals surface area contributed by atoms with Crippen molar-refractivity contribution in [3.05, 3.63) is 29.8 Å². The van der Waals surface area contributed by atoms with Crippen LogP contribution in [0.25, 0.3) is 0 Å². The Bertz CT molecular complexity index is 610. The lowest BCUT2D eigenvalue weighted by Crippen LogP contribution is -2.36. The molecule has 0 aliphatic carbocycles. The van der Waals surface area contributed by atoms with Gasteiger partial charge in [0.1, 0.15) is 6.54 Å². The first-order chi connectivity index (χ1) is 9.32. The van der Waals surface area contributed by atoms with Gasteiger partial charge in [0.2, 0.25) is 10.0 Å². The maximum atomic E-state index is 12.3. The number of nitrogens with zero attached hydrogens (tertiary/aromatic N) is 1. The average Bonchev–Trinajstić information content (AvgIpc) is 2.44. The van der Waals surface area contributed by atoms with Gasteiger partial charge in [-0.2, -0.15) is 4.31 Å². The molecule has 0 aliphatic heterocycles. The van der Waals surface area contributed by atoms with E-state index in [2.05, 4.69) is 4.74 Å². The Morgan fingerprint density at radius 2 is 2.00 bits per heavy atom. The van der Waals surface area contributed by atoms with E-state index in [-0.39, 0.29) is 17.0 Å². The normalized spacial score (nSPS) is 11.3. The standard InChI is InChI=1S/C12H15NO6S/c1-3-13(8-11(14)19-2)20(17,18)10-6-4-5-9(7-10)12(15)16/h4-7H,3,8H2,1-2H3,(H,15,16). The van der Waals surface area contributed by atoms with E-state index in [1.807, 2.05) is 0 Å². The molecule has 1 aromatic carbocycles. The fraction of sp³-hybridized carbons (Fsp3) is 0.333. The number of hydrogen-bond donors (Lipinski definition) is 1. The van der Waals surface area contributed by atoms with E-state index in [0.717, 1.165) is 17.5 Å². The molecule has 0 spiro atoms. The minimum Gasteiger partial charge on any atom is -0.478 e. The number of carboxylic acid groups (broad SMARTS) is 1. The van der Waals surface area contributed by atoms with E-state index in [9.17, 15) is 18.0 Å². The lowest BCUT2D eigenvalue weighted by Gasteiger charge is -2.19. The molecule has 0 saturated carbocycles. The molecule has 1 aromatic rings. The third-order valence-electron chi connectivity index (χ3n) is 2.60. The summed E-state index contributed by atoms with van der Waals surface area (Å²) < 4.78 is 30.0. The topological polar surface area (TPSA) is 101 Å². The lowest BCUT2D eigenvalue weighted by molar-refractivity contribution is -0.140. The van der Waals surface area contributed by atoms with Crippen LogP contribution in [0.3, 0.4) is 0 Å². The van der Waals surface area contributed by atoms with E-state index in [0.29, 0.717) is 0 Å². The number of sulfonamides is 1. The molecule has 8 heteroatoms. The molecule has 7 nitrogen and oxygen atoms in total. The Hall–Kier alpha value is -1.93. The Labute approximate surface area is 116 Å². The van der Waals surface area contributed by atoms with Gasteiger partial charge in [0.15, 0.2) is 0 Å². The van der Waals surface area contributed by atoms with Crippen LogP contribution < -0.4 is 0 Å². The Balaban J connectivity index is 3.17. The summed E-state index contributed by atoms with van der Waals surface area (Å²) in [4.78, 5) is 21.9. The number of rotatable bonds is 6. The summed E-state index contributed by atoms with van der Waals surface area (Å²) >= 11 is 0. The zero-order valence-corrected chi connectivity index (χ0v) is 11.9. The molecule has 0 saturated heterocycles. The van der Waals surface area contributed by atoms with Gasteiger partial charge < -0.3 is 9.84 Å². The second-order valence-electron chi connectivity index (χ2n) is 3.84. The highest BCUT2D eigenvalue weighted by molar-refractivity contribution is 7.89. The predicted molar refractivity (Wildman–Crippen MR) is 69.9 cm³/mol. The summed E-state index contributed by atoms with van der Waals surface area (Å²) in [5.41, 5.74) is -0.139. The molecule has 20 heavy (non-hydrogen) atoms. The lowest BCUT2D eigenvalue weighted by atomic mass is 10.2. The van der Waals surface area contributed by atoms with Crippen molar-refractivity contribution >= 4 is 22.0 Å². The van der Waals surface area contributed by atoms with Crippen LogP contribution in [0.5, 0.6) is 0 Å². The molecule has 1 N–H and O–H groups in total. The molecule has 0 amide bonds. The third-order valence-corrected chi connectivity index (χ3v) is 4.52. The number of esters is 1. The first-order valence-electron chi connectivity index (χ1n) is 5.73. The van der Waals surface area contributed by atoms with Gasteiger partial charge in [-0.15, -0.1) is 0 Å². The molecule has 0 bridgehead atoms. The van der Waals surface area contributed by atoms with Crippen molar-refractivity contribution in [2.45, 2.75) is 11.8 Å². The monoisotopic (exact) mass is 301 g/mol. The third kappa shape index (κ3) is 3.55. The molecule has 0 radical (unpaired) electrons. The van der Waals surface area contributed by atoms with Crippen LogP contribution >= 0.6 is 0 Å². The van der Waals surface area contributed by atoms with E-state index in [1.54, 1.807) is 6.92 Å². The zero-order valence-electron chi connectivity index (χ0n) is 11.1. The number of carbonyl (C=O) groups excluding carboxylic acids is 1. The number of ether oxygens (including phenoxy) is 1. The maximum Gasteiger partial charge on any atom is 0.335 e. The van der Waals surface area contributed by atoms with Gasteiger partial charge in [-0.1, -0.05) is 13.0 Å². The molecule has 0 aliphatic rings. The summed E-state index contributed by atoms with van der Waals surface area (Å²) in [6.07, 6.45) is 0. The molecule has 110 valence electrons. The van der Waals surface area contributed by atoms with E-state index in [1.165, 1.54) is 18.2 Å². The smallest absolute Gasteiger partial charge is 0.335 e. The second-order valence-corrected chi connectivity index (χ2v) is 5.78. The average molecular weight is 301 g/mol. The number of hydrogen-bond acceptors (Lipinski definition) is 5. The summed E-state index contributed by atoms with van der Waals surface area (Å²) in [5, 5.41) is 8.87. The highest BCUT2D eigenvalue weighted by atomic mass is 32.2. The van der Waals surface area contributed by atoms with Crippen molar-refractivity contribution in [1.82, 2.24) is 4.31 Å². The van der Waals surface area contributed by atoms with Crippen molar-refractivity contribution in [2.24, 2.45) is 0 Å². The van der Waals surface area contributed by atoms with Crippen molar-refractivity contribution < 1.29 is 27.9 Å². The Morgan fingerprint density at radius 3 is 2.50 bits per heavy atom. The largest absolute Gasteiger partial charge is 0.478 e. The fourth-order valence-corrected chi connectivity index (χ4v) is 2.95. The summed E-state index contributed by atoms with van der Waals surface area (Å²) in [6, 6.07) is 4.96. The SMILES string of the molecule is CCN(CC(=O)OC)S(=O)(=O)c1cccc(C(=O)O)c1. The quantitative estimate of drug-likeness (QED) is 0.771. The van der Waals surface area contributed by atoms with Gasteiger partial charge in [0.25, 0.3) is 0 Å².